The largest absolute Gasteiger partial charge is 0.324 e. The van der Waals surface area contributed by atoms with E-state index in [1.54, 1.807) is 24.3 Å². The first-order valence-corrected chi connectivity index (χ1v) is 9.41. The van der Waals surface area contributed by atoms with Gasteiger partial charge in [0.2, 0.25) is 5.91 Å². The number of carbonyl (C=O) groups is 1. The standard InChI is InChI=1S/C16H17BrFN3O3S/c1-20(2)25(23,24)21(15-9-4-3-8-14(15)18)11-16(22)19-13-7-5-6-12(17)10-13/h3-10H,11H2,1-2H3,(H,19,22). The molecule has 1 N–H and O–H groups in total. The van der Waals surface area contributed by atoms with E-state index in [-0.39, 0.29) is 5.69 Å². The Balaban J connectivity index is 2.31. The Hall–Kier alpha value is -1.97. The normalized spacial score (nSPS) is 11.4. The topological polar surface area (TPSA) is 69.7 Å². The van der Waals surface area contributed by atoms with Crippen LogP contribution in [0.1, 0.15) is 0 Å². The Morgan fingerprint density at radius 1 is 1.16 bits per heavy atom. The first-order chi connectivity index (χ1) is 11.7. The molecule has 0 aromatic heterocycles. The van der Waals surface area contributed by atoms with Crippen molar-refractivity contribution in [3.05, 3.63) is 58.8 Å². The summed E-state index contributed by atoms with van der Waals surface area (Å²) < 4.78 is 41.6. The molecule has 0 aliphatic carbocycles. The summed E-state index contributed by atoms with van der Waals surface area (Å²) in [5, 5.41) is 2.60. The summed E-state index contributed by atoms with van der Waals surface area (Å²) in [4.78, 5) is 12.3. The Morgan fingerprint density at radius 3 is 2.44 bits per heavy atom. The zero-order chi connectivity index (χ0) is 18.6. The molecule has 2 aromatic carbocycles. The van der Waals surface area contributed by atoms with Gasteiger partial charge < -0.3 is 5.32 Å². The van der Waals surface area contributed by atoms with Gasteiger partial charge in [-0.2, -0.15) is 12.7 Å². The third kappa shape index (κ3) is 4.77. The number of nitrogens with one attached hydrogen (secondary N) is 1. The number of hydrogen-bond acceptors (Lipinski definition) is 3. The Morgan fingerprint density at radius 2 is 1.84 bits per heavy atom. The average Bonchev–Trinajstić information content (AvgIpc) is 2.53. The van der Waals surface area contributed by atoms with Crippen LogP contribution in [0.25, 0.3) is 0 Å². The number of hydrogen-bond donors (Lipinski definition) is 1. The second-order valence-electron chi connectivity index (χ2n) is 5.31. The summed E-state index contributed by atoms with van der Waals surface area (Å²) in [6, 6.07) is 12.2. The first-order valence-electron chi connectivity index (χ1n) is 7.22. The van der Waals surface area contributed by atoms with Crippen LogP contribution in [-0.4, -0.2) is 39.3 Å². The van der Waals surface area contributed by atoms with Crippen LogP contribution in [-0.2, 0) is 15.0 Å². The highest BCUT2D eigenvalue weighted by Gasteiger charge is 2.29. The van der Waals surface area contributed by atoms with Gasteiger partial charge in [0, 0.05) is 24.3 Å². The van der Waals surface area contributed by atoms with Crippen molar-refractivity contribution >= 4 is 43.4 Å². The fraction of sp³-hybridized carbons (Fsp3) is 0.188. The molecule has 2 rings (SSSR count). The molecule has 0 bridgehead atoms. The van der Waals surface area contributed by atoms with Crippen molar-refractivity contribution < 1.29 is 17.6 Å². The minimum atomic E-state index is -4.05. The fourth-order valence-corrected chi connectivity index (χ4v) is 3.51. The number of benzene rings is 2. The van der Waals surface area contributed by atoms with E-state index >= 15 is 0 Å². The van der Waals surface area contributed by atoms with Crippen LogP contribution in [0, 0.1) is 5.82 Å². The molecule has 0 aliphatic heterocycles. The van der Waals surface area contributed by atoms with Crippen LogP contribution in [0.5, 0.6) is 0 Å². The lowest BCUT2D eigenvalue weighted by atomic mass is 10.3. The summed E-state index contributed by atoms with van der Waals surface area (Å²) in [6.07, 6.45) is 0. The predicted octanol–water partition coefficient (Wildman–Crippen LogP) is 2.84. The van der Waals surface area contributed by atoms with E-state index in [1.807, 2.05) is 0 Å². The van der Waals surface area contributed by atoms with E-state index < -0.39 is 28.5 Å². The highest BCUT2D eigenvalue weighted by Crippen LogP contribution is 2.23. The zero-order valence-corrected chi connectivity index (χ0v) is 16.0. The van der Waals surface area contributed by atoms with E-state index in [1.165, 1.54) is 32.3 Å². The SMILES string of the molecule is CN(C)S(=O)(=O)N(CC(=O)Nc1cccc(Br)c1)c1ccccc1F. The average molecular weight is 430 g/mol. The van der Waals surface area contributed by atoms with Gasteiger partial charge in [0.1, 0.15) is 12.4 Å². The molecule has 1 amide bonds. The second kappa shape index (κ2) is 7.94. The van der Waals surface area contributed by atoms with Crippen molar-refractivity contribution in [2.24, 2.45) is 0 Å². The predicted molar refractivity (Wildman–Crippen MR) is 99.1 cm³/mol. The number of para-hydroxylation sites is 1. The maximum Gasteiger partial charge on any atom is 0.304 e. The molecular weight excluding hydrogens is 413 g/mol. The van der Waals surface area contributed by atoms with Crippen LogP contribution < -0.4 is 9.62 Å². The van der Waals surface area contributed by atoms with E-state index in [2.05, 4.69) is 21.2 Å². The van der Waals surface area contributed by atoms with Gasteiger partial charge in [-0.3, -0.25) is 4.79 Å². The second-order valence-corrected chi connectivity index (χ2v) is 8.29. The highest BCUT2D eigenvalue weighted by molar-refractivity contribution is 9.10. The number of anilines is 2. The molecule has 0 saturated heterocycles. The highest BCUT2D eigenvalue weighted by atomic mass is 79.9. The number of rotatable bonds is 6. The van der Waals surface area contributed by atoms with Gasteiger partial charge in [-0.15, -0.1) is 0 Å². The lowest BCUT2D eigenvalue weighted by molar-refractivity contribution is -0.114. The molecule has 25 heavy (non-hydrogen) atoms. The molecule has 0 saturated carbocycles. The van der Waals surface area contributed by atoms with Crippen molar-refractivity contribution in [1.29, 1.82) is 0 Å². The van der Waals surface area contributed by atoms with E-state index in [9.17, 15) is 17.6 Å². The van der Waals surface area contributed by atoms with Crippen LogP contribution in [0.15, 0.2) is 53.0 Å². The van der Waals surface area contributed by atoms with E-state index in [0.29, 0.717) is 5.69 Å². The summed E-state index contributed by atoms with van der Waals surface area (Å²) in [5.74, 6) is -1.32. The molecule has 0 fully saturated rings. The van der Waals surface area contributed by atoms with Crippen molar-refractivity contribution in [2.45, 2.75) is 0 Å². The minimum absolute atomic E-state index is 0.194. The summed E-state index contributed by atoms with van der Waals surface area (Å²) >= 11 is 3.29. The van der Waals surface area contributed by atoms with Gasteiger partial charge in [-0.25, -0.2) is 8.70 Å². The summed E-state index contributed by atoms with van der Waals surface area (Å²) in [5.41, 5.74) is 0.302. The molecule has 6 nitrogen and oxygen atoms in total. The van der Waals surface area contributed by atoms with E-state index in [4.69, 9.17) is 0 Å². The molecule has 0 heterocycles. The van der Waals surface area contributed by atoms with Crippen LogP contribution in [0.3, 0.4) is 0 Å². The molecule has 0 radical (unpaired) electrons. The van der Waals surface area contributed by atoms with Gasteiger partial charge in [0.25, 0.3) is 0 Å². The van der Waals surface area contributed by atoms with Gasteiger partial charge in [0.05, 0.1) is 5.69 Å². The number of nitrogens with zero attached hydrogens (tertiary/aromatic N) is 2. The zero-order valence-electron chi connectivity index (χ0n) is 13.6. The molecule has 0 atom stereocenters. The molecule has 9 heteroatoms. The molecule has 0 aliphatic rings. The van der Waals surface area contributed by atoms with Gasteiger partial charge >= 0.3 is 10.2 Å². The fourth-order valence-electron chi connectivity index (χ4n) is 2.04. The molecule has 0 unspecified atom stereocenters. The molecule has 2 aromatic rings. The van der Waals surface area contributed by atoms with Crippen molar-refractivity contribution in [3.63, 3.8) is 0 Å². The van der Waals surface area contributed by atoms with Crippen LogP contribution in [0.4, 0.5) is 15.8 Å². The Kier molecular flexibility index (Phi) is 6.15. The maximum atomic E-state index is 14.1. The number of carbonyl (C=O) groups excluding carboxylic acids is 1. The van der Waals surface area contributed by atoms with Crippen molar-refractivity contribution in [1.82, 2.24) is 4.31 Å². The summed E-state index contributed by atoms with van der Waals surface area (Å²) in [6.45, 7) is -0.562. The lowest BCUT2D eigenvalue weighted by Gasteiger charge is -2.27. The molecule has 0 spiro atoms. The smallest absolute Gasteiger partial charge is 0.304 e. The van der Waals surface area contributed by atoms with Gasteiger partial charge in [0.15, 0.2) is 0 Å². The van der Waals surface area contributed by atoms with Crippen molar-refractivity contribution in [2.75, 3.05) is 30.3 Å². The minimum Gasteiger partial charge on any atom is -0.324 e. The van der Waals surface area contributed by atoms with Crippen LogP contribution in [0.2, 0.25) is 0 Å². The monoisotopic (exact) mass is 429 g/mol. The quantitative estimate of drug-likeness (QED) is 0.767. The lowest BCUT2D eigenvalue weighted by Crippen LogP contribution is -2.44. The molecular formula is C16H17BrFN3O3S. The van der Waals surface area contributed by atoms with Gasteiger partial charge in [-0.1, -0.05) is 34.1 Å². The third-order valence-corrected chi connectivity index (χ3v) is 5.56. The Bertz CT molecular complexity index is 874. The maximum absolute atomic E-state index is 14.1. The number of amides is 1. The first kappa shape index (κ1) is 19.4. The van der Waals surface area contributed by atoms with Gasteiger partial charge in [-0.05, 0) is 30.3 Å². The third-order valence-electron chi connectivity index (χ3n) is 3.26. The van der Waals surface area contributed by atoms with E-state index in [0.717, 1.165) is 19.1 Å². The number of halogens is 2. The summed E-state index contributed by atoms with van der Waals surface area (Å²) in [7, 11) is -1.42. The van der Waals surface area contributed by atoms with Crippen LogP contribution >= 0.6 is 15.9 Å². The molecule has 134 valence electrons. The Labute approximate surface area is 154 Å². The van der Waals surface area contributed by atoms with Crippen molar-refractivity contribution in [3.8, 4) is 0 Å².